The molecule has 0 saturated carbocycles. The quantitative estimate of drug-likeness (QED) is 0.754. The number of aliphatic hydroxyl groups excluding tert-OH is 1. The molecular weight excluding hydrogens is 182 g/mol. The van der Waals surface area contributed by atoms with Crippen LogP contribution in [0, 0.1) is 0 Å². The number of likely N-dealkylation sites (N-methyl/N-ethyl adjacent to an activating group) is 1. The molecule has 0 spiro atoms. The van der Waals surface area contributed by atoms with Crippen LogP contribution in [0.3, 0.4) is 0 Å². The molecule has 1 amide bonds. The van der Waals surface area contributed by atoms with Gasteiger partial charge in [-0.1, -0.05) is 0 Å². The van der Waals surface area contributed by atoms with Gasteiger partial charge in [0, 0.05) is 26.4 Å². The van der Waals surface area contributed by atoms with Gasteiger partial charge in [-0.25, -0.2) is 0 Å². The highest BCUT2D eigenvalue weighted by atomic mass is 16.3. The van der Waals surface area contributed by atoms with Crippen LogP contribution >= 0.6 is 0 Å². The van der Waals surface area contributed by atoms with Gasteiger partial charge in [-0.3, -0.25) is 4.79 Å². The molecule has 0 aliphatic carbocycles. The molecule has 4 heteroatoms. The fourth-order valence-electron chi connectivity index (χ4n) is 1.15. The zero-order valence-corrected chi connectivity index (χ0v) is 8.27. The Morgan fingerprint density at radius 1 is 1.64 bits per heavy atom. The van der Waals surface area contributed by atoms with Crippen LogP contribution in [0.25, 0.3) is 0 Å². The molecular formula is C10H15NO3. The highest BCUT2D eigenvalue weighted by Gasteiger charge is 2.08. The Labute approximate surface area is 83.1 Å². The SMILES string of the molecule is CN(CCO)C(=O)CCc1ccco1. The van der Waals surface area contributed by atoms with E-state index in [-0.39, 0.29) is 12.5 Å². The van der Waals surface area contributed by atoms with Gasteiger partial charge >= 0.3 is 0 Å². The molecule has 0 radical (unpaired) electrons. The van der Waals surface area contributed by atoms with Gasteiger partial charge in [-0.2, -0.15) is 0 Å². The number of aliphatic hydroxyl groups is 1. The maximum absolute atomic E-state index is 11.4. The van der Waals surface area contributed by atoms with Gasteiger partial charge < -0.3 is 14.4 Å². The van der Waals surface area contributed by atoms with E-state index in [4.69, 9.17) is 9.52 Å². The summed E-state index contributed by atoms with van der Waals surface area (Å²) in [7, 11) is 1.68. The fourth-order valence-corrected chi connectivity index (χ4v) is 1.15. The number of nitrogens with zero attached hydrogens (tertiary/aromatic N) is 1. The second kappa shape index (κ2) is 5.44. The zero-order valence-electron chi connectivity index (χ0n) is 8.27. The van der Waals surface area contributed by atoms with Crippen LogP contribution in [-0.4, -0.2) is 36.1 Å². The molecule has 0 unspecified atom stereocenters. The Morgan fingerprint density at radius 3 is 3.00 bits per heavy atom. The topological polar surface area (TPSA) is 53.7 Å². The summed E-state index contributed by atoms with van der Waals surface area (Å²) in [5, 5.41) is 8.63. The number of aryl methyl sites for hydroxylation is 1. The van der Waals surface area contributed by atoms with Crippen molar-refractivity contribution in [1.29, 1.82) is 0 Å². The van der Waals surface area contributed by atoms with Crippen LogP contribution in [-0.2, 0) is 11.2 Å². The molecule has 0 fully saturated rings. The number of furan rings is 1. The zero-order chi connectivity index (χ0) is 10.4. The summed E-state index contributed by atoms with van der Waals surface area (Å²) in [4.78, 5) is 12.9. The summed E-state index contributed by atoms with van der Waals surface area (Å²) < 4.78 is 5.10. The number of amides is 1. The lowest BCUT2D eigenvalue weighted by Gasteiger charge is -2.14. The van der Waals surface area contributed by atoms with E-state index in [2.05, 4.69) is 0 Å². The van der Waals surface area contributed by atoms with E-state index in [1.807, 2.05) is 6.07 Å². The molecule has 1 aromatic rings. The van der Waals surface area contributed by atoms with E-state index in [9.17, 15) is 4.79 Å². The third-order valence-electron chi connectivity index (χ3n) is 2.03. The number of carbonyl (C=O) groups is 1. The van der Waals surface area contributed by atoms with E-state index in [1.165, 1.54) is 4.90 Å². The monoisotopic (exact) mass is 197 g/mol. The highest BCUT2D eigenvalue weighted by Crippen LogP contribution is 2.04. The van der Waals surface area contributed by atoms with Crippen molar-refractivity contribution in [2.24, 2.45) is 0 Å². The molecule has 0 bridgehead atoms. The summed E-state index contributed by atoms with van der Waals surface area (Å²) in [6, 6.07) is 3.65. The van der Waals surface area contributed by atoms with Crippen molar-refractivity contribution >= 4 is 5.91 Å². The number of hydrogen-bond acceptors (Lipinski definition) is 3. The normalized spacial score (nSPS) is 10.1. The van der Waals surface area contributed by atoms with E-state index < -0.39 is 0 Å². The van der Waals surface area contributed by atoms with Crippen molar-refractivity contribution in [3.8, 4) is 0 Å². The lowest BCUT2D eigenvalue weighted by atomic mass is 10.2. The average molecular weight is 197 g/mol. The van der Waals surface area contributed by atoms with Gasteiger partial charge in [-0.05, 0) is 12.1 Å². The molecule has 0 aromatic carbocycles. The predicted molar refractivity (Wildman–Crippen MR) is 51.8 cm³/mol. The Morgan fingerprint density at radius 2 is 2.43 bits per heavy atom. The molecule has 0 aliphatic heterocycles. The van der Waals surface area contributed by atoms with Gasteiger partial charge in [0.25, 0.3) is 0 Å². The summed E-state index contributed by atoms with van der Waals surface area (Å²) in [6.45, 7) is 0.389. The first kappa shape index (κ1) is 10.8. The third kappa shape index (κ3) is 3.22. The first-order valence-corrected chi connectivity index (χ1v) is 4.61. The molecule has 0 saturated heterocycles. The smallest absolute Gasteiger partial charge is 0.222 e. The minimum Gasteiger partial charge on any atom is -0.469 e. The second-order valence-electron chi connectivity index (χ2n) is 3.12. The Bertz CT molecular complexity index is 269. The van der Waals surface area contributed by atoms with E-state index in [0.717, 1.165) is 5.76 Å². The summed E-state index contributed by atoms with van der Waals surface area (Å²) >= 11 is 0. The number of carbonyl (C=O) groups excluding carboxylic acids is 1. The highest BCUT2D eigenvalue weighted by molar-refractivity contribution is 5.76. The van der Waals surface area contributed by atoms with Crippen LogP contribution in [0.2, 0.25) is 0 Å². The average Bonchev–Trinajstić information content (AvgIpc) is 2.67. The molecule has 0 aliphatic rings. The second-order valence-corrected chi connectivity index (χ2v) is 3.12. The first-order valence-electron chi connectivity index (χ1n) is 4.61. The fraction of sp³-hybridized carbons (Fsp3) is 0.500. The summed E-state index contributed by atoms with van der Waals surface area (Å²) in [5.41, 5.74) is 0. The minimum absolute atomic E-state index is 0.00297. The van der Waals surface area contributed by atoms with Gasteiger partial charge in [0.15, 0.2) is 0 Å². The van der Waals surface area contributed by atoms with Crippen LogP contribution in [0.5, 0.6) is 0 Å². The third-order valence-corrected chi connectivity index (χ3v) is 2.03. The van der Waals surface area contributed by atoms with E-state index >= 15 is 0 Å². The largest absolute Gasteiger partial charge is 0.469 e. The van der Waals surface area contributed by atoms with Crippen LogP contribution < -0.4 is 0 Å². The molecule has 78 valence electrons. The molecule has 1 rings (SSSR count). The van der Waals surface area contributed by atoms with Crippen molar-refractivity contribution in [2.45, 2.75) is 12.8 Å². The van der Waals surface area contributed by atoms with Gasteiger partial charge in [-0.15, -0.1) is 0 Å². The molecule has 1 heterocycles. The van der Waals surface area contributed by atoms with Crippen molar-refractivity contribution in [2.75, 3.05) is 20.2 Å². The van der Waals surface area contributed by atoms with Gasteiger partial charge in [0.1, 0.15) is 5.76 Å². The molecule has 1 aromatic heterocycles. The maximum Gasteiger partial charge on any atom is 0.222 e. The van der Waals surface area contributed by atoms with E-state index in [0.29, 0.717) is 19.4 Å². The van der Waals surface area contributed by atoms with Crippen LogP contribution in [0.4, 0.5) is 0 Å². The summed E-state index contributed by atoms with van der Waals surface area (Å²) in [5.74, 6) is 0.839. The number of hydrogen-bond donors (Lipinski definition) is 1. The number of rotatable bonds is 5. The maximum atomic E-state index is 11.4. The van der Waals surface area contributed by atoms with Crippen molar-refractivity contribution in [3.05, 3.63) is 24.2 Å². The van der Waals surface area contributed by atoms with Gasteiger partial charge in [0.05, 0.1) is 12.9 Å². The molecule has 14 heavy (non-hydrogen) atoms. The summed E-state index contributed by atoms with van der Waals surface area (Å²) in [6.07, 6.45) is 2.63. The van der Waals surface area contributed by atoms with E-state index in [1.54, 1.807) is 19.4 Å². The lowest BCUT2D eigenvalue weighted by Crippen LogP contribution is -2.29. The molecule has 4 nitrogen and oxygen atoms in total. The molecule has 0 atom stereocenters. The predicted octanol–water partition coefficient (Wildman–Crippen LogP) is 0.663. The molecule has 1 N–H and O–H groups in total. The Kier molecular flexibility index (Phi) is 4.19. The van der Waals surface area contributed by atoms with Crippen LogP contribution in [0.1, 0.15) is 12.2 Å². The lowest BCUT2D eigenvalue weighted by molar-refractivity contribution is -0.130. The first-order chi connectivity index (χ1) is 6.74. The minimum atomic E-state index is 0.00297. The van der Waals surface area contributed by atoms with Crippen molar-refractivity contribution < 1.29 is 14.3 Å². The standard InChI is InChI=1S/C10H15NO3/c1-11(6-7-12)10(13)5-4-9-3-2-8-14-9/h2-3,8,12H,4-7H2,1H3. The van der Waals surface area contributed by atoms with Gasteiger partial charge in [0.2, 0.25) is 5.91 Å². The van der Waals surface area contributed by atoms with Crippen molar-refractivity contribution in [1.82, 2.24) is 4.90 Å². The van der Waals surface area contributed by atoms with Crippen molar-refractivity contribution in [3.63, 3.8) is 0 Å². The Hall–Kier alpha value is -1.29. The van der Waals surface area contributed by atoms with Crippen LogP contribution in [0.15, 0.2) is 22.8 Å². The Balaban J connectivity index is 2.27.